The van der Waals surface area contributed by atoms with E-state index in [4.69, 9.17) is 4.74 Å². The van der Waals surface area contributed by atoms with Crippen molar-refractivity contribution in [2.45, 2.75) is 12.3 Å². The molecular weight excluding hydrogens is 337 g/mol. The van der Waals surface area contributed by atoms with Crippen LogP contribution in [0.4, 0.5) is 13.2 Å². The molecule has 20 heavy (non-hydrogen) atoms. The lowest BCUT2D eigenvalue weighted by molar-refractivity contribution is -0.138. The Hall–Kier alpha value is -1.53. The second kappa shape index (κ2) is 4.49. The number of aliphatic hydroxyl groups excluding tert-OH is 1. The summed E-state index contributed by atoms with van der Waals surface area (Å²) in [6.07, 6.45) is -5.67. The van der Waals surface area contributed by atoms with Gasteiger partial charge in [-0.2, -0.15) is 13.2 Å². The zero-order chi connectivity index (χ0) is 14.5. The molecule has 2 aromatic rings. The standard InChI is InChI=1S/C14H8BrF3O2/c15-7-4-5-8-11(6-7)20-13-9(12(8)19)2-1-3-10(13)14(16,17)18/h1-6,12,19H. The minimum atomic E-state index is -4.53. The highest BCUT2D eigenvalue weighted by atomic mass is 79.9. The first kappa shape index (κ1) is 13.5. The van der Waals surface area contributed by atoms with Gasteiger partial charge < -0.3 is 9.84 Å². The van der Waals surface area contributed by atoms with Gasteiger partial charge in [0.25, 0.3) is 0 Å². The number of alkyl halides is 3. The maximum atomic E-state index is 13.0. The molecule has 0 aliphatic carbocycles. The Morgan fingerprint density at radius 2 is 1.85 bits per heavy atom. The Kier molecular flexibility index (Phi) is 3.02. The van der Waals surface area contributed by atoms with E-state index >= 15 is 0 Å². The van der Waals surface area contributed by atoms with Gasteiger partial charge in [-0.05, 0) is 18.2 Å². The summed E-state index contributed by atoms with van der Waals surface area (Å²) >= 11 is 3.22. The molecule has 2 aromatic carbocycles. The summed E-state index contributed by atoms with van der Waals surface area (Å²) in [5.41, 5.74) is -0.325. The van der Waals surface area contributed by atoms with Crippen molar-refractivity contribution >= 4 is 15.9 Å². The minimum Gasteiger partial charge on any atom is -0.456 e. The molecule has 0 spiro atoms. The van der Waals surface area contributed by atoms with Crippen molar-refractivity contribution < 1.29 is 23.0 Å². The highest BCUT2D eigenvalue weighted by Gasteiger charge is 2.38. The predicted molar refractivity (Wildman–Crippen MR) is 69.7 cm³/mol. The predicted octanol–water partition coefficient (Wildman–Crippen LogP) is 4.66. The molecule has 6 heteroatoms. The van der Waals surface area contributed by atoms with Gasteiger partial charge in [-0.25, -0.2) is 0 Å². The van der Waals surface area contributed by atoms with Crippen molar-refractivity contribution in [2.75, 3.05) is 0 Å². The Bertz CT molecular complexity index is 683. The van der Waals surface area contributed by atoms with E-state index in [1.54, 1.807) is 12.1 Å². The van der Waals surface area contributed by atoms with Crippen molar-refractivity contribution in [3.63, 3.8) is 0 Å². The van der Waals surface area contributed by atoms with Crippen LogP contribution >= 0.6 is 15.9 Å². The summed E-state index contributed by atoms with van der Waals surface area (Å²) in [4.78, 5) is 0. The molecule has 0 radical (unpaired) electrons. The summed E-state index contributed by atoms with van der Waals surface area (Å²) in [7, 11) is 0. The number of fused-ring (bicyclic) bond motifs is 2. The fourth-order valence-corrected chi connectivity index (χ4v) is 2.55. The lowest BCUT2D eigenvalue weighted by atomic mass is 9.95. The van der Waals surface area contributed by atoms with E-state index in [2.05, 4.69) is 15.9 Å². The molecule has 0 amide bonds. The number of benzene rings is 2. The Morgan fingerprint density at radius 3 is 2.55 bits per heavy atom. The number of ether oxygens (including phenoxy) is 1. The van der Waals surface area contributed by atoms with Crippen molar-refractivity contribution in [3.05, 3.63) is 57.6 Å². The first-order valence-electron chi connectivity index (χ1n) is 5.73. The van der Waals surface area contributed by atoms with Crippen LogP contribution < -0.4 is 4.74 Å². The van der Waals surface area contributed by atoms with Crippen molar-refractivity contribution in [2.24, 2.45) is 0 Å². The molecule has 0 saturated carbocycles. The summed E-state index contributed by atoms with van der Waals surface area (Å²) < 4.78 is 45.0. The molecule has 0 aromatic heterocycles. The second-order valence-electron chi connectivity index (χ2n) is 4.41. The molecule has 104 valence electrons. The minimum absolute atomic E-state index is 0.120. The molecule has 1 aliphatic rings. The van der Waals surface area contributed by atoms with Gasteiger partial charge in [0.05, 0.1) is 5.56 Å². The van der Waals surface area contributed by atoms with Crippen LogP contribution in [0.2, 0.25) is 0 Å². The summed E-state index contributed by atoms with van der Waals surface area (Å²) in [5, 5.41) is 10.2. The molecule has 0 fully saturated rings. The fraction of sp³-hybridized carbons (Fsp3) is 0.143. The monoisotopic (exact) mass is 344 g/mol. The molecule has 1 unspecified atom stereocenters. The fourth-order valence-electron chi connectivity index (χ4n) is 2.21. The first-order valence-corrected chi connectivity index (χ1v) is 6.52. The summed E-state index contributed by atoms with van der Waals surface area (Å²) in [6.45, 7) is 0. The van der Waals surface area contributed by atoms with Crippen LogP contribution in [0.25, 0.3) is 0 Å². The topological polar surface area (TPSA) is 29.5 Å². The van der Waals surface area contributed by atoms with Crippen LogP contribution in [-0.2, 0) is 6.18 Å². The number of para-hydroxylation sites is 1. The van der Waals surface area contributed by atoms with Crippen molar-refractivity contribution in [1.29, 1.82) is 0 Å². The van der Waals surface area contributed by atoms with Crippen molar-refractivity contribution in [3.8, 4) is 11.5 Å². The van der Waals surface area contributed by atoms with Crippen LogP contribution in [0, 0.1) is 0 Å². The Balaban J connectivity index is 2.20. The molecule has 1 heterocycles. The van der Waals surface area contributed by atoms with Crippen molar-refractivity contribution in [1.82, 2.24) is 0 Å². The van der Waals surface area contributed by atoms with Crippen LogP contribution in [-0.4, -0.2) is 5.11 Å². The molecule has 0 bridgehead atoms. The Labute approximate surface area is 120 Å². The highest BCUT2D eigenvalue weighted by Crippen LogP contribution is 2.48. The first-order chi connectivity index (χ1) is 9.38. The number of halogens is 4. The number of hydrogen-bond acceptors (Lipinski definition) is 2. The van der Waals surface area contributed by atoms with E-state index in [9.17, 15) is 18.3 Å². The zero-order valence-electron chi connectivity index (χ0n) is 9.91. The molecular formula is C14H8BrF3O2. The largest absolute Gasteiger partial charge is 0.456 e. The van der Waals surface area contributed by atoms with Crippen LogP contribution in [0.1, 0.15) is 22.8 Å². The van der Waals surface area contributed by atoms with E-state index in [1.807, 2.05) is 0 Å². The third-order valence-electron chi connectivity index (χ3n) is 3.13. The van der Waals surface area contributed by atoms with Gasteiger partial charge in [-0.3, -0.25) is 0 Å². The van der Waals surface area contributed by atoms with Gasteiger partial charge in [0, 0.05) is 15.6 Å². The maximum absolute atomic E-state index is 13.0. The SMILES string of the molecule is OC1c2ccc(Br)cc2Oc2c1cccc2C(F)(F)F. The van der Waals surface area contributed by atoms with Gasteiger partial charge in [0.2, 0.25) is 0 Å². The average Bonchev–Trinajstić information content (AvgIpc) is 2.37. The smallest absolute Gasteiger partial charge is 0.419 e. The van der Waals surface area contributed by atoms with Crippen LogP contribution in [0.15, 0.2) is 40.9 Å². The second-order valence-corrected chi connectivity index (χ2v) is 5.32. The number of rotatable bonds is 0. The number of hydrogen-bond donors (Lipinski definition) is 1. The van der Waals surface area contributed by atoms with Gasteiger partial charge in [0.1, 0.15) is 17.6 Å². The van der Waals surface area contributed by atoms with Crippen LogP contribution in [0.3, 0.4) is 0 Å². The Morgan fingerprint density at radius 1 is 1.10 bits per heavy atom. The molecule has 2 nitrogen and oxygen atoms in total. The third kappa shape index (κ3) is 2.09. The van der Waals surface area contributed by atoms with E-state index < -0.39 is 17.8 Å². The highest BCUT2D eigenvalue weighted by molar-refractivity contribution is 9.10. The molecule has 1 atom stereocenters. The summed E-state index contributed by atoms with van der Waals surface area (Å²) in [6, 6.07) is 8.48. The van der Waals surface area contributed by atoms with Gasteiger partial charge in [-0.15, -0.1) is 0 Å². The molecule has 1 aliphatic heterocycles. The third-order valence-corrected chi connectivity index (χ3v) is 3.62. The van der Waals surface area contributed by atoms with Gasteiger partial charge in [0.15, 0.2) is 0 Å². The van der Waals surface area contributed by atoms with Crippen LogP contribution in [0.5, 0.6) is 11.5 Å². The molecule has 1 N–H and O–H groups in total. The maximum Gasteiger partial charge on any atom is 0.419 e. The summed E-state index contributed by atoms with van der Waals surface area (Å²) in [5.74, 6) is -0.117. The van der Waals surface area contributed by atoms with E-state index in [0.717, 1.165) is 6.07 Å². The number of aliphatic hydroxyl groups is 1. The molecule has 0 saturated heterocycles. The normalized spacial score (nSPS) is 17.1. The van der Waals surface area contributed by atoms with E-state index in [0.29, 0.717) is 10.0 Å². The average molecular weight is 345 g/mol. The van der Waals surface area contributed by atoms with E-state index in [-0.39, 0.29) is 17.1 Å². The van der Waals surface area contributed by atoms with E-state index in [1.165, 1.54) is 18.2 Å². The molecule has 3 rings (SSSR count). The van der Waals surface area contributed by atoms with Gasteiger partial charge >= 0.3 is 6.18 Å². The lowest BCUT2D eigenvalue weighted by Gasteiger charge is -2.27. The lowest BCUT2D eigenvalue weighted by Crippen LogP contribution is -2.15. The van der Waals surface area contributed by atoms with Gasteiger partial charge in [-0.1, -0.05) is 34.1 Å². The zero-order valence-corrected chi connectivity index (χ0v) is 11.5. The quantitative estimate of drug-likeness (QED) is 0.753.